The highest BCUT2D eigenvalue weighted by atomic mass is 32.1. The number of likely N-dealkylation sites (N-methyl/N-ethyl adjacent to an activating group) is 1. The van der Waals surface area contributed by atoms with Gasteiger partial charge in [0.05, 0.1) is 22.8 Å². The van der Waals surface area contributed by atoms with Crippen molar-refractivity contribution in [1.29, 1.82) is 0 Å². The van der Waals surface area contributed by atoms with E-state index in [9.17, 15) is 9.59 Å². The lowest BCUT2D eigenvalue weighted by Crippen LogP contribution is -2.54. The zero-order valence-corrected chi connectivity index (χ0v) is 15.8. The molecule has 0 radical (unpaired) electrons. The maximum Gasteiger partial charge on any atom is 0.239 e. The fourth-order valence-corrected chi connectivity index (χ4v) is 4.19. The summed E-state index contributed by atoms with van der Waals surface area (Å²) in [6.45, 7) is 6.92. The van der Waals surface area contributed by atoms with E-state index in [4.69, 9.17) is 0 Å². The van der Waals surface area contributed by atoms with E-state index in [0.717, 1.165) is 28.3 Å². The molecule has 2 amide bonds. The molecule has 6 nitrogen and oxygen atoms in total. The van der Waals surface area contributed by atoms with Gasteiger partial charge in [-0.05, 0) is 19.1 Å². The molecule has 0 saturated carbocycles. The number of hydrogen-bond acceptors (Lipinski definition) is 5. The lowest BCUT2D eigenvalue weighted by Gasteiger charge is -2.38. The number of carbonyl (C=O) groups is 2. The van der Waals surface area contributed by atoms with Crippen LogP contribution in [0.3, 0.4) is 0 Å². The topological polar surface area (TPSA) is 56.8 Å². The first-order chi connectivity index (χ1) is 12.0. The normalized spacial score (nSPS) is 16.8. The molecule has 1 atom stereocenters. The van der Waals surface area contributed by atoms with Gasteiger partial charge in [-0.25, -0.2) is 4.98 Å². The number of rotatable bonds is 4. The largest absolute Gasteiger partial charge is 0.340 e. The molecule has 2 aromatic rings. The number of nitrogens with zero attached hydrogens (tertiary/aromatic N) is 4. The van der Waals surface area contributed by atoms with Crippen molar-refractivity contribution in [1.82, 2.24) is 19.7 Å². The molecule has 0 aliphatic carbocycles. The molecule has 1 aliphatic rings. The van der Waals surface area contributed by atoms with Crippen LogP contribution in [-0.2, 0) is 16.1 Å². The first-order valence-corrected chi connectivity index (χ1v) is 9.36. The Kier molecular flexibility index (Phi) is 5.34. The van der Waals surface area contributed by atoms with Crippen molar-refractivity contribution in [2.45, 2.75) is 26.4 Å². The summed E-state index contributed by atoms with van der Waals surface area (Å²) in [5.41, 5.74) is 0.983. The summed E-state index contributed by atoms with van der Waals surface area (Å²) in [6.07, 6.45) is 0. The third kappa shape index (κ3) is 3.99. The summed E-state index contributed by atoms with van der Waals surface area (Å²) in [5.74, 6) is 0.196. The SMILES string of the molecule is CC(=O)N1CCN(C(C)C(=O)N(C)Cc2nc3ccccc3s2)CC1. The van der Waals surface area contributed by atoms with Crippen LogP contribution in [0.15, 0.2) is 24.3 Å². The number of thiazole rings is 1. The Morgan fingerprint density at radius 2 is 1.92 bits per heavy atom. The Labute approximate surface area is 152 Å². The minimum absolute atomic E-state index is 0.0931. The smallest absolute Gasteiger partial charge is 0.239 e. The summed E-state index contributed by atoms with van der Waals surface area (Å²) in [6, 6.07) is 7.84. The van der Waals surface area contributed by atoms with Crippen LogP contribution < -0.4 is 0 Å². The average molecular weight is 360 g/mol. The number of piperazine rings is 1. The van der Waals surface area contributed by atoms with Crippen molar-refractivity contribution in [2.75, 3.05) is 33.2 Å². The number of fused-ring (bicyclic) bond motifs is 1. The number of aromatic nitrogens is 1. The maximum absolute atomic E-state index is 12.8. The number of hydrogen-bond donors (Lipinski definition) is 0. The van der Waals surface area contributed by atoms with E-state index in [-0.39, 0.29) is 17.9 Å². The molecule has 1 unspecified atom stereocenters. The quantitative estimate of drug-likeness (QED) is 0.834. The lowest BCUT2D eigenvalue weighted by molar-refractivity contribution is -0.137. The molecule has 1 fully saturated rings. The second kappa shape index (κ2) is 7.49. The van der Waals surface area contributed by atoms with Gasteiger partial charge < -0.3 is 9.80 Å². The fraction of sp³-hybridized carbons (Fsp3) is 0.500. The minimum atomic E-state index is -0.187. The van der Waals surface area contributed by atoms with Crippen LogP contribution in [-0.4, -0.2) is 70.8 Å². The number of carbonyl (C=O) groups excluding carboxylic acids is 2. The predicted molar refractivity (Wildman–Crippen MR) is 99.4 cm³/mol. The molecule has 1 aromatic carbocycles. The summed E-state index contributed by atoms with van der Waals surface area (Å²) >= 11 is 1.63. The van der Waals surface area contributed by atoms with E-state index in [2.05, 4.69) is 16.0 Å². The van der Waals surface area contributed by atoms with Crippen LogP contribution in [0.1, 0.15) is 18.9 Å². The number of amides is 2. The highest BCUT2D eigenvalue weighted by molar-refractivity contribution is 7.18. The van der Waals surface area contributed by atoms with Gasteiger partial charge in [0.15, 0.2) is 0 Å². The van der Waals surface area contributed by atoms with Gasteiger partial charge in [-0.2, -0.15) is 0 Å². The van der Waals surface area contributed by atoms with Gasteiger partial charge in [-0.1, -0.05) is 12.1 Å². The van der Waals surface area contributed by atoms with Crippen LogP contribution >= 0.6 is 11.3 Å². The van der Waals surface area contributed by atoms with Crippen LogP contribution in [0.25, 0.3) is 10.2 Å². The van der Waals surface area contributed by atoms with Gasteiger partial charge in [0, 0.05) is 40.2 Å². The molecule has 2 heterocycles. The van der Waals surface area contributed by atoms with Crippen molar-refractivity contribution in [3.05, 3.63) is 29.3 Å². The molecule has 3 rings (SSSR count). The Morgan fingerprint density at radius 1 is 1.24 bits per heavy atom. The van der Waals surface area contributed by atoms with Crippen LogP contribution in [0.2, 0.25) is 0 Å². The van der Waals surface area contributed by atoms with Gasteiger partial charge in [0.25, 0.3) is 0 Å². The minimum Gasteiger partial charge on any atom is -0.340 e. The molecule has 0 bridgehead atoms. The van der Waals surface area contributed by atoms with E-state index in [1.54, 1.807) is 23.2 Å². The van der Waals surface area contributed by atoms with Crippen molar-refractivity contribution in [3.63, 3.8) is 0 Å². The third-order valence-corrected chi connectivity index (χ3v) is 5.77. The molecule has 25 heavy (non-hydrogen) atoms. The van der Waals surface area contributed by atoms with Gasteiger partial charge in [-0.3, -0.25) is 14.5 Å². The second-order valence-electron chi connectivity index (χ2n) is 6.49. The van der Waals surface area contributed by atoms with Crippen LogP contribution in [0.4, 0.5) is 0 Å². The molecular weight excluding hydrogens is 336 g/mol. The maximum atomic E-state index is 12.8. The highest BCUT2D eigenvalue weighted by Gasteiger charge is 2.28. The van der Waals surface area contributed by atoms with Gasteiger partial charge in [-0.15, -0.1) is 11.3 Å². The standard InChI is InChI=1S/C18H24N4O2S/c1-13(21-8-10-22(11-9-21)14(2)23)18(24)20(3)12-17-19-15-6-4-5-7-16(15)25-17/h4-7,13H,8-12H2,1-3H3. The van der Waals surface area contributed by atoms with Gasteiger partial charge >= 0.3 is 0 Å². The molecule has 1 aromatic heterocycles. The predicted octanol–water partition coefficient (Wildman–Crippen LogP) is 1.81. The van der Waals surface area contributed by atoms with E-state index < -0.39 is 0 Å². The third-order valence-electron chi connectivity index (χ3n) is 4.75. The summed E-state index contributed by atoms with van der Waals surface area (Å²) < 4.78 is 1.15. The molecule has 134 valence electrons. The van der Waals surface area contributed by atoms with E-state index in [0.29, 0.717) is 19.6 Å². The van der Waals surface area contributed by atoms with E-state index in [1.807, 2.05) is 37.1 Å². The van der Waals surface area contributed by atoms with E-state index in [1.165, 1.54) is 0 Å². The highest BCUT2D eigenvalue weighted by Crippen LogP contribution is 2.22. The van der Waals surface area contributed by atoms with Crippen molar-refractivity contribution < 1.29 is 9.59 Å². The van der Waals surface area contributed by atoms with E-state index >= 15 is 0 Å². The first-order valence-electron chi connectivity index (χ1n) is 8.54. The summed E-state index contributed by atoms with van der Waals surface area (Å²) in [5, 5.41) is 0.950. The molecule has 7 heteroatoms. The van der Waals surface area contributed by atoms with Gasteiger partial charge in [0.1, 0.15) is 5.01 Å². The Bertz CT molecular complexity index is 734. The number of benzene rings is 1. The van der Waals surface area contributed by atoms with Crippen LogP contribution in [0.5, 0.6) is 0 Å². The zero-order chi connectivity index (χ0) is 18.0. The summed E-state index contributed by atoms with van der Waals surface area (Å²) in [4.78, 5) is 34.5. The lowest BCUT2D eigenvalue weighted by atomic mass is 10.2. The van der Waals surface area contributed by atoms with Crippen LogP contribution in [0, 0.1) is 0 Å². The fourth-order valence-electron chi connectivity index (χ4n) is 3.17. The Hall–Kier alpha value is -1.99. The second-order valence-corrected chi connectivity index (χ2v) is 7.60. The molecule has 1 aliphatic heterocycles. The first kappa shape index (κ1) is 17.8. The number of para-hydroxylation sites is 1. The molecule has 0 spiro atoms. The molecule has 0 N–H and O–H groups in total. The monoisotopic (exact) mass is 360 g/mol. The molecule has 1 saturated heterocycles. The Balaban J connectivity index is 1.59. The average Bonchev–Trinajstić information content (AvgIpc) is 3.02. The molecular formula is C18H24N4O2S. The van der Waals surface area contributed by atoms with Gasteiger partial charge in [0.2, 0.25) is 11.8 Å². The summed E-state index contributed by atoms with van der Waals surface area (Å²) in [7, 11) is 1.83. The van der Waals surface area contributed by atoms with Crippen molar-refractivity contribution >= 4 is 33.4 Å². The van der Waals surface area contributed by atoms with Crippen molar-refractivity contribution in [2.24, 2.45) is 0 Å². The van der Waals surface area contributed by atoms with Crippen molar-refractivity contribution in [3.8, 4) is 0 Å². The Morgan fingerprint density at radius 3 is 2.56 bits per heavy atom. The zero-order valence-electron chi connectivity index (χ0n) is 14.9.